The number of benzene rings is 4. The van der Waals surface area contributed by atoms with E-state index in [9.17, 15) is 18.4 Å². The van der Waals surface area contributed by atoms with Gasteiger partial charge in [-0.2, -0.15) is 4.99 Å². The molecule has 266 valence electrons. The minimum atomic E-state index is -0.701. The molecule has 6 N–H and O–H groups in total. The minimum absolute atomic E-state index is 0.0918. The van der Waals surface area contributed by atoms with Gasteiger partial charge in [0.1, 0.15) is 17.5 Å². The Bertz CT molecular complexity index is 1920. The lowest BCUT2D eigenvalue weighted by Gasteiger charge is -2.34. The summed E-state index contributed by atoms with van der Waals surface area (Å²) >= 11 is 0. The van der Waals surface area contributed by atoms with Gasteiger partial charge in [-0.25, -0.2) is 8.78 Å². The fourth-order valence-corrected chi connectivity index (χ4v) is 6.57. The zero-order valence-electron chi connectivity index (χ0n) is 28.8. The van der Waals surface area contributed by atoms with Gasteiger partial charge in [0.2, 0.25) is 0 Å². The summed E-state index contributed by atoms with van der Waals surface area (Å²) in [6.45, 7) is 4.93. The lowest BCUT2D eigenvalue weighted by atomic mass is 9.91. The maximum absolute atomic E-state index is 14.2. The van der Waals surface area contributed by atoms with Crippen molar-refractivity contribution >= 4 is 34.7 Å². The summed E-state index contributed by atoms with van der Waals surface area (Å²) in [4.78, 5) is 34.9. The quantitative estimate of drug-likeness (QED) is 0.108. The largest absolute Gasteiger partial charge is 0.398 e. The van der Waals surface area contributed by atoms with Crippen molar-refractivity contribution in [3.05, 3.63) is 112 Å². The van der Waals surface area contributed by atoms with Gasteiger partial charge in [0, 0.05) is 86.7 Å². The molecule has 10 nitrogen and oxygen atoms in total. The second-order valence-electron chi connectivity index (χ2n) is 13.1. The highest BCUT2D eigenvalue weighted by Gasteiger charge is 2.22. The van der Waals surface area contributed by atoms with Gasteiger partial charge < -0.3 is 36.6 Å². The number of hydrogen-bond acceptors (Lipinski definition) is 7. The number of aliphatic imine (C=N–C) groups is 1. The van der Waals surface area contributed by atoms with E-state index in [1.165, 1.54) is 12.1 Å². The Balaban J connectivity index is 1.36. The van der Waals surface area contributed by atoms with E-state index in [1.807, 2.05) is 12.1 Å². The van der Waals surface area contributed by atoms with Crippen LogP contribution in [0.1, 0.15) is 50.2 Å². The van der Waals surface area contributed by atoms with Crippen molar-refractivity contribution in [1.82, 2.24) is 10.2 Å². The molecule has 0 atom stereocenters. The van der Waals surface area contributed by atoms with E-state index >= 15 is 0 Å². The summed E-state index contributed by atoms with van der Waals surface area (Å²) in [5, 5.41) is 6.17. The van der Waals surface area contributed by atoms with Crippen molar-refractivity contribution in [3.63, 3.8) is 0 Å². The smallest absolute Gasteiger partial charge is 0.281 e. The first-order valence-electron chi connectivity index (χ1n) is 17.1. The molecule has 0 spiro atoms. The molecule has 0 unspecified atom stereocenters. The second-order valence-corrected chi connectivity index (χ2v) is 13.1. The molecule has 2 aliphatic rings. The Morgan fingerprint density at radius 3 is 2.25 bits per heavy atom. The summed E-state index contributed by atoms with van der Waals surface area (Å²) in [5.41, 5.74) is 18.6. The molecule has 0 saturated carbocycles. The number of nitrogens with two attached hydrogens (primary N) is 2. The number of amidine groups is 1. The molecule has 0 aromatic heterocycles. The van der Waals surface area contributed by atoms with E-state index in [4.69, 9.17) is 16.2 Å². The molecule has 2 aliphatic heterocycles. The Morgan fingerprint density at radius 1 is 0.902 bits per heavy atom. The van der Waals surface area contributed by atoms with Gasteiger partial charge >= 0.3 is 0 Å². The summed E-state index contributed by atoms with van der Waals surface area (Å²) in [6.07, 6.45) is 1.75. The van der Waals surface area contributed by atoms with Crippen molar-refractivity contribution < 1.29 is 23.1 Å². The van der Waals surface area contributed by atoms with E-state index in [-0.39, 0.29) is 29.9 Å². The predicted molar refractivity (Wildman–Crippen MR) is 198 cm³/mol. The van der Waals surface area contributed by atoms with Crippen molar-refractivity contribution in [1.29, 1.82) is 0 Å². The van der Waals surface area contributed by atoms with Crippen LogP contribution in [0.4, 0.5) is 25.8 Å². The number of halogens is 2. The zero-order chi connectivity index (χ0) is 36.1. The number of rotatable bonds is 9. The average molecular weight is 696 g/mol. The molecular formula is C39H43F2N7O3. The highest BCUT2D eigenvalue weighted by molar-refractivity contribution is 6.13. The molecular weight excluding hydrogens is 652 g/mol. The molecule has 4 aromatic carbocycles. The van der Waals surface area contributed by atoms with Crippen LogP contribution >= 0.6 is 0 Å². The van der Waals surface area contributed by atoms with E-state index < -0.39 is 17.5 Å². The summed E-state index contributed by atoms with van der Waals surface area (Å²) < 4.78 is 34.0. The first-order valence-corrected chi connectivity index (χ1v) is 17.1. The first-order chi connectivity index (χ1) is 24.6. The van der Waals surface area contributed by atoms with Crippen LogP contribution in [-0.4, -0.2) is 82.1 Å². The summed E-state index contributed by atoms with van der Waals surface area (Å²) in [7, 11) is 3.66. The van der Waals surface area contributed by atoms with E-state index in [0.29, 0.717) is 52.3 Å². The van der Waals surface area contributed by atoms with E-state index in [2.05, 4.69) is 32.5 Å². The molecule has 2 saturated heterocycles. The second kappa shape index (κ2) is 15.7. The number of ether oxygens (including phenoxy) is 1. The van der Waals surface area contributed by atoms with Gasteiger partial charge in [0.15, 0.2) is 0 Å². The average Bonchev–Trinajstić information content (AvgIpc) is 3.12. The molecule has 0 radical (unpaired) electrons. The van der Waals surface area contributed by atoms with Crippen molar-refractivity contribution in [2.45, 2.75) is 25.3 Å². The maximum Gasteiger partial charge on any atom is 0.281 e. The third kappa shape index (κ3) is 8.53. The monoisotopic (exact) mass is 695 g/mol. The van der Waals surface area contributed by atoms with Gasteiger partial charge in [-0.15, -0.1) is 0 Å². The number of amides is 2. The Kier molecular flexibility index (Phi) is 10.9. The van der Waals surface area contributed by atoms with Gasteiger partial charge in [-0.3, -0.25) is 9.59 Å². The Hall–Kier alpha value is -5.33. The van der Waals surface area contributed by atoms with Crippen LogP contribution in [0, 0.1) is 11.6 Å². The fourth-order valence-electron chi connectivity index (χ4n) is 6.57. The fraction of sp³-hybridized carbons (Fsp3) is 0.308. The molecule has 2 heterocycles. The molecule has 2 fully saturated rings. The Labute approximate surface area is 296 Å². The van der Waals surface area contributed by atoms with E-state index in [0.717, 1.165) is 56.3 Å². The molecule has 2 amide bonds. The molecule has 51 heavy (non-hydrogen) atoms. The predicted octanol–water partition coefficient (Wildman–Crippen LogP) is 5.05. The van der Waals surface area contributed by atoms with Crippen LogP contribution in [0.2, 0.25) is 0 Å². The van der Waals surface area contributed by atoms with Crippen LogP contribution in [0.25, 0.3) is 11.1 Å². The SMILES string of the molecule is CNC(=O)c1ccc(-c2cc(N)c(C(N)=NC(=O)c3ccc(N4CCN(C)CC4)cc3NC3CCOCC3)cc2Cc2cc(F)cc(F)c2)cc1. The molecule has 12 heteroatoms. The van der Waals surface area contributed by atoms with Gasteiger partial charge in [-0.05, 0) is 103 Å². The number of nitrogen functional groups attached to an aromatic ring is 1. The van der Waals surface area contributed by atoms with Crippen LogP contribution in [0.5, 0.6) is 0 Å². The first kappa shape index (κ1) is 35.5. The molecule has 0 bridgehead atoms. The number of likely N-dealkylation sites (N-methyl/N-ethyl adjacent to an activating group) is 1. The number of carbonyl (C=O) groups is 2. The standard InChI is InChI=1S/C39H43F2N7O3/c1-44-38(49)26-5-3-25(4-6-26)33-23-35(42)34(20-27(33)17-24-18-28(40)21-29(41)19-24)37(43)46-39(50)32-8-7-31(48-13-11-47(2)12-14-48)22-36(32)45-30-9-15-51-16-10-30/h3-8,18-23,30,45H,9-17,42H2,1-2H3,(H,44,49)(H2,43,46,50). The van der Waals surface area contributed by atoms with Crippen LogP contribution in [0.15, 0.2) is 77.8 Å². The van der Waals surface area contributed by atoms with Crippen molar-refractivity contribution in [3.8, 4) is 11.1 Å². The van der Waals surface area contributed by atoms with E-state index in [1.54, 1.807) is 49.5 Å². The van der Waals surface area contributed by atoms with Gasteiger partial charge in [0.25, 0.3) is 11.8 Å². The number of anilines is 3. The normalized spacial score (nSPS) is 15.8. The molecule has 6 rings (SSSR count). The summed E-state index contributed by atoms with van der Waals surface area (Å²) in [6, 6.07) is 19.5. The third-order valence-electron chi connectivity index (χ3n) is 9.46. The highest BCUT2D eigenvalue weighted by atomic mass is 19.1. The third-order valence-corrected chi connectivity index (χ3v) is 9.46. The Morgan fingerprint density at radius 2 is 1.59 bits per heavy atom. The van der Waals surface area contributed by atoms with Crippen LogP contribution in [-0.2, 0) is 11.2 Å². The number of hydrogen-bond donors (Lipinski definition) is 4. The summed E-state index contributed by atoms with van der Waals surface area (Å²) in [5.74, 6) is -2.26. The van der Waals surface area contributed by atoms with Crippen LogP contribution in [0.3, 0.4) is 0 Å². The lowest BCUT2D eigenvalue weighted by molar-refractivity contribution is 0.0904. The van der Waals surface area contributed by atoms with Gasteiger partial charge in [0.05, 0.1) is 5.56 Å². The molecule has 4 aromatic rings. The number of nitrogens with zero attached hydrogens (tertiary/aromatic N) is 3. The highest BCUT2D eigenvalue weighted by Crippen LogP contribution is 2.32. The van der Waals surface area contributed by atoms with Crippen molar-refractivity contribution in [2.75, 3.05) is 69.4 Å². The number of piperazine rings is 1. The minimum Gasteiger partial charge on any atom is -0.398 e. The lowest BCUT2D eigenvalue weighted by Crippen LogP contribution is -2.44. The number of carbonyl (C=O) groups excluding carboxylic acids is 2. The maximum atomic E-state index is 14.2. The number of nitrogens with one attached hydrogen (secondary N) is 2. The molecule has 0 aliphatic carbocycles. The topological polar surface area (TPSA) is 138 Å². The zero-order valence-corrected chi connectivity index (χ0v) is 28.8. The van der Waals surface area contributed by atoms with Crippen LogP contribution < -0.4 is 27.0 Å². The van der Waals surface area contributed by atoms with Gasteiger partial charge in [-0.1, -0.05) is 12.1 Å². The van der Waals surface area contributed by atoms with Crippen molar-refractivity contribution in [2.24, 2.45) is 10.7 Å².